The summed E-state index contributed by atoms with van der Waals surface area (Å²) in [6, 6.07) is 8.71. The lowest BCUT2D eigenvalue weighted by atomic mass is 10.1. The fourth-order valence-electron chi connectivity index (χ4n) is 3.15. The van der Waals surface area contributed by atoms with Crippen LogP contribution in [0.3, 0.4) is 0 Å². The van der Waals surface area contributed by atoms with Crippen LogP contribution in [0.2, 0.25) is 0 Å². The maximum absolute atomic E-state index is 12.0. The molecule has 0 radical (unpaired) electrons. The normalized spacial score (nSPS) is 14.8. The summed E-state index contributed by atoms with van der Waals surface area (Å²) in [4.78, 5) is 16.6. The number of hydrogen-bond acceptors (Lipinski definition) is 4. The van der Waals surface area contributed by atoms with Crippen molar-refractivity contribution in [2.24, 2.45) is 0 Å². The van der Waals surface area contributed by atoms with Crippen LogP contribution in [0.1, 0.15) is 49.6 Å². The standard InChI is InChI=1S/C20H26N2O2S/c1-3-15-8-10-16(11-9-15)20-22-18(14(2)24-20)12-25-13-19(23)21-17-6-4-5-7-17/h8-11,17H,3-7,12-13H2,1-2H3,(H,21,23). The van der Waals surface area contributed by atoms with Crippen molar-refractivity contribution in [1.82, 2.24) is 10.3 Å². The molecule has 0 saturated heterocycles. The quantitative estimate of drug-likeness (QED) is 0.791. The van der Waals surface area contributed by atoms with E-state index in [9.17, 15) is 4.79 Å². The van der Waals surface area contributed by atoms with Crippen LogP contribution < -0.4 is 5.32 Å². The van der Waals surface area contributed by atoms with Crippen LogP contribution in [0.5, 0.6) is 0 Å². The van der Waals surface area contributed by atoms with E-state index in [4.69, 9.17) is 4.42 Å². The van der Waals surface area contributed by atoms with Gasteiger partial charge < -0.3 is 9.73 Å². The second-order valence-corrected chi connectivity index (χ2v) is 7.60. The summed E-state index contributed by atoms with van der Waals surface area (Å²) in [6.45, 7) is 4.08. The molecule has 1 aromatic heterocycles. The van der Waals surface area contributed by atoms with E-state index in [1.165, 1.54) is 18.4 Å². The summed E-state index contributed by atoms with van der Waals surface area (Å²) in [7, 11) is 0. The number of nitrogens with zero attached hydrogens (tertiary/aromatic N) is 1. The largest absolute Gasteiger partial charge is 0.441 e. The van der Waals surface area contributed by atoms with E-state index < -0.39 is 0 Å². The van der Waals surface area contributed by atoms with Crippen LogP contribution >= 0.6 is 11.8 Å². The molecule has 1 N–H and O–H groups in total. The molecule has 1 saturated carbocycles. The van der Waals surface area contributed by atoms with E-state index in [-0.39, 0.29) is 5.91 Å². The molecule has 1 amide bonds. The van der Waals surface area contributed by atoms with Gasteiger partial charge in [-0.25, -0.2) is 4.98 Å². The fraction of sp³-hybridized carbons (Fsp3) is 0.500. The Hall–Kier alpha value is -1.75. The Kier molecular flexibility index (Phi) is 6.19. The van der Waals surface area contributed by atoms with E-state index >= 15 is 0 Å². The number of benzene rings is 1. The molecular weight excluding hydrogens is 332 g/mol. The molecule has 0 bridgehead atoms. The third kappa shape index (κ3) is 4.88. The molecule has 1 heterocycles. The Morgan fingerprint density at radius 2 is 2.00 bits per heavy atom. The minimum absolute atomic E-state index is 0.133. The van der Waals surface area contributed by atoms with Crippen LogP contribution in [0, 0.1) is 6.92 Å². The number of aryl methyl sites for hydroxylation is 2. The summed E-state index contributed by atoms with van der Waals surface area (Å²) < 4.78 is 5.81. The number of amides is 1. The number of rotatable bonds is 7. The first kappa shape index (κ1) is 18.1. The lowest BCUT2D eigenvalue weighted by Crippen LogP contribution is -2.33. The fourth-order valence-corrected chi connectivity index (χ4v) is 3.98. The first-order chi connectivity index (χ1) is 12.2. The van der Waals surface area contributed by atoms with Gasteiger partial charge in [0.15, 0.2) is 0 Å². The second-order valence-electron chi connectivity index (χ2n) is 6.61. The van der Waals surface area contributed by atoms with Crippen molar-refractivity contribution in [3.8, 4) is 11.5 Å². The number of carbonyl (C=O) groups excluding carboxylic acids is 1. The highest BCUT2D eigenvalue weighted by atomic mass is 32.2. The summed E-state index contributed by atoms with van der Waals surface area (Å²) in [5.74, 6) is 2.79. The summed E-state index contributed by atoms with van der Waals surface area (Å²) in [6.07, 6.45) is 5.74. The van der Waals surface area contributed by atoms with Gasteiger partial charge >= 0.3 is 0 Å². The van der Waals surface area contributed by atoms with Gasteiger partial charge in [0, 0.05) is 17.4 Å². The Morgan fingerprint density at radius 3 is 2.68 bits per heavy atom. The monoisotopic (exact) mass is 358 g/mol. The van der Waals surface area contributed by atoms with Gasteiger partial charge in [-0.1, -0.05) is 31.9 Å². The van der Waals surface area contributed by atoms with Crippen molar-refractivity contribution in [3.63, 3.8) is 0 Å². The third-order valence-corrected chi connectivity index (χ3v) is 5.64. The smallest absolute Gasteiger partial charge is 0.230 e. The Balaban J connectivity index is 1.52. The summed E-state index contributed by atoms with van der Waals surface area (Å²) >= 11 is 1.59. The van der Waals surface area contributed by atoms with Gasteiger partial charge in [0.25, 0.3) is 0 Å². The van der Waals surface area contributed by atoms with Crippen LogP contribution in [0.25, 0.3) is 11.5 Å². The molecule has 1 fully saturated rings. The molecule has 0 aliphatic heterocycles. The van der Waals surface area contributed by atoms with Gasteiger partial charge in [0.2, 0.25) is 11.8 Å². The number of nitrogens with one attached hydrogen (secondary N) is 1. The number of hydrogen-bond donors (Lipinski definition) is 1. The molecule has 0 unspecified atom stereocenters. The van der Waals surface area contributed by atoms with Crippen LogP contribution in [-0.2, 0) is 17.0 Å². The van der Waals surface area contributed by atoms with Gasteiger partial charge in [0.05, 0.1) is 11.4 Å². The molecule has 5 heteroatoms. The van der Waals surface area contributed by atoms with Crippen molar-refractivity contribution in [1.29, 1.82) is 0 Å². The van der Waals surface area contributed by atoms with Gasteiger partial charge in [-0.3, -0.25) is 4.79 Å². The first-order valence-corrected chi connectivity index (χ1v) is 10.2. The lowest BCUT2D eigenvalue weighted by molar-refractivity contribution is -0.119. The van der Waals surface area contributed by atoms with Crippen LogP contribution in [-0.4, -0.2) is 22.7 Å². The second kappa shape index (κ2) is 8.56. The van der Waals surface area contributed by atoms with E-state index in [0.29, 0.717) is 23.4 Å². The van der Waals surface area contributed by atoms with E-state index in [0.717, 1.165) is 36.3 Å². The SMILES string of the molecule is CCc1ccc(-c2nc(CSCC(=O)NC3CCCC3)c(C)o2)cc1. The van der Waals surface area contributed by atoms with Gasteiger partial charge in [-0.2, -0.15) is 0 Å². The average molecular weight is 359 g/mol. The lowest BCUT2D eigenvalue weighted by Gasteiger charge is -2.11. The predicted octanol–water partition coefficient (Wildman–Crippen LogP) is 4.50. The van der Waals surface area contributed by atoms with Gasteiger partial charge in [-0.15, -0.1) is 11.8 Å². The molecule has 0 atom stereocenters. The Morgan fingerprint density at radius 1 is 1.28 bits per heavy atom. The summed E-state index contributed by atoms with van der Waals surface area (Å²) in [5.41, 5.74) is 3.22. The molecule has 1 aromatic carbocycles. The molecule has 0 spiro atoms. The highest BCUT2D eigenvalue weighted by molar-refractivity contribution is 7.99. The number of oxazole rings is 1. The van der Waals surface area contributed by atoms with E-state index in [2.05, 4.69) is 41.5 Å². The molecule has 2 aromatic rings. The Labute approximate surface area is 153 Å². The molecule has 4 nitrogen and oxygen atoms in total. The number of thioether (sulfide) groups is 1. The van der Waals surface area contributed by atoms with Crippen LogP contribution in [0.4, 0.5) is 0 Å². The number of aromatic nitrogens is 1. The number of carbonyl (C=O) groups is 1. The topological polar surface area (TPSA) is 55.1 Å². The van der Waals surface area contributed by atoms with Crippen molar-refractivity contribution in [2.45, 2.75) is 57.7 Å². The predicted molar refractivity (Wildman–Crippen MR) is 103 cm³/mol. The van der Waals surface area contributed by atoms with Gasteiger partial charge in [-0.05, 0) is 43.9 Å². The minimum Gasteiger partial charge on any atom is -0.441 e. The maximum Gasteiger partial charge on any atom is 0.230 e. The van der Waals surface area contributed by atoms with Crippen molar-refractivity contribution in [3.05, 3.63) is 41.3 Å². The van der Waals surface area contributed by atoms with Crippen molar-refractivity contribution >= 4 is 17.7 Å². The van der Waals surface area contributed by atoms with Crippen molar-refractivity contribution in [2.75, 3.05) is 5.75 Å². The van der Waals surface area contributed by atoms with E-state index in [1.54, 1.807) is 11.8 Å². The molecule has 1 aliphatic carbocycles. The molecule has 1 aliphatic rings. The molecule has 25 heavy (non-hydrogen) atoms. The Bertz CT molecular complexity index is 703. The summed E-state index contributed by atoms with van der Waals surface area (Å²) in [5, 5.41) is 3.12. The van der Waals surface area contributed by atoms with Crippen molar-refractivity contribution < 1.29 is 9.21 Å². The third-order valence-electron chi connectivity index (χ3n) is 4.69. The zero-order chi connectivity index (χ0) is 17.6. The minimum atomic E-state index is 0.133. The molecular formula is C20H26N2O2S. The highest BCUT2D eigenvalue weighted by Gasteiger charge is 2.17. The zero-order valence-corrected chi connectivity index (χ0v) is 15.8. The maximum atomic E-state index is 12.0. The van der Waals surface area contributed by atoms with Crippen LogP contribution in [0.15, 0.2) is 28.7 Å². The van der Waals surface area contributed by atoms with E-state index in [1.807, 2.05) is 6.92 Å². The van der Waals surface area contributed by atoms with Gasteiger partial charge in [0.1, 0.15) is 5.76 Å². The highest BCUT2D eigenvalue weighted by Crippen LogP contribution is 2.25. The molecule has 3 rings (SSSR count). The average Bonchev–Trinajstić information content (AvgIpc) is 3.25. The molecule has 134 valence electrons. The first-order valence-electron chi connectivity index (χ1n) is 9.08. The zero-order valence-electron chi connectivity index (χ0n) is 15.0.